The molecule has 2 fully saturated rings. The van der Waals surface area contributed by atoms with Crippen molar-refractivity contribution in [3.8, 4) is 0 Å². The number of allylic oxidation sites excluding steroid dienone is 1. The minimum Gasteiger partial charge on any atom is -0.207 e. The van der Waals surface area contributed by atoms with Gasteiger partial charge in [-0.25, -0.2) is 4.39 Å². The van der Waals surface area contributed by atoms with E-state index >= 15 is 0 Å². The molecule has 2 heteroatoms. The molecule has 138 valence electrons. The third-order valence-corrected chi connectivity index (χ3v) is 6.94. The first kappa shape index (κ1) is 19.0. The van der Waals surface area contributed by atoms with Crippen molar-refractivity contribution in [1.82, 2.24) is 0 Å². The molecule has 1 aromatic rings. The summed E-state index contributed by atoms with van der Waals surface area (Å²) in [5.41, 5.74) is 3.62. The highest BCUT2D eigenvalue weighted by molar-refractivity contribution is 6.25. The largest absolute Gasteiger partial charge is 0.207 e. The predicted molar refractivity (Wildman–Crippen MR) is 105 cm³/mol. The van der Waals surface area contributed by atoms with E-state index in [4.69, 9.17) is 11.6 Å². The quantitative estimate of drug-likeness (QED) is 0.510. The molecule has 25 heavy (non-hydrogen) atoms. The van der Waals surface area contributed by atoms with E-state index in [0.29, 0.717) is 0 Å². The molecule has 0 aliphatic heterocycles. The Balaban J connectivity index is 1.39. The predicted octanol–water partition coefficient (Wildman–Crippen LogP) is 7.43. The number of benzene rings is 1. The maximum absolute atomic E-state index is 13.7. The Morgan fingerprint density at radius 3 is 2.24 bits per heavy atom. The van der Waals surface area contributed by atoms with E-state index in [1.165, 1.54) is 57.8 Å². The van der Waals surface area contributed by atoms with Crippen LogP contribution >= 0.6 is 11.6 Å². The third-order valence-electron chi connectivity index (χ3n) is 6.80. The summed E-state index contributed by atoms with van der Waals surface area (Å²) in [5.74, 6) is 3.41. The molecule has 0 saturated heterocycles. The summed E-state index contributed by atoms with van der Waals surface area (Å²) in [6.07, 6.45) is 15.4. The van der Waals surface area contributed by atoms with E-state index in [1.54, 1.807) is 11.6 Å². The van der Waals surface area contributed by atoms with E-state index in [-0.39, 0.29) is 5.82 Å². The fraction of sp³-hybridized carbons (Fsp3) is 0.652. The highest BCUT2D eigenvalue weighted by Gasteiger charge is 2.30. The Labute approximate surface area is 157 Å². The van der Waals surface area contributed by atoms with E-state index in [1.807, 2.05) is 13.0 Å². The van der Waals surface area contributed by atoms with Gasteiger partial charge in [0.2, 0.25) is 0 Å². The second kappa shape index (κ2) is 9.21. The first-order valence-electron chi connectivity index (χ1n) is 10.2. The standard InChI is InChI=1S/C23H32ClF/c1-17-2-3-20(16-23(17)25)5-4-18-6-10-21(11-7-18)22-12-8-19(9-13-22)14-15-24/h2-3,14-16,18-19,21-22H,4-13H2,1H3/b15-14+. The first-order chi connectivity index (χ1) is 12.2. The van der Waals surface area contributed by atoms with Crippen molar-refractivity contribution in [3.05, 3.63) is 46.8 Å². The smallest absolute Gasteiger partial charge is 0.126 e. The SMILES string of the molecule is Cc1ccc(CCC2CCC(C3CCC(/C=C/Cl)CC3)CC2)cc1F. The molecule has 0 amide bonds. The van der Waals surface area contributed by atoms with Crippen LogP contribution in [0.25, 0.3) is 0 Å². The Kier molecular flexibility index (Phi) is 6.99. The average molecular weight is 363 g/mol. The van der Waals surface area contributed by atoms with Crippen molar-refractivity contribution in [1.29, 1.82) is 0 Å². The van der Waals surface area contributed by atoms with Gasteiger partial charge in [-0.1, -0.05) is 42.7 Å². The minimum absolute atomic E-state index is 0.0548. The molecular formula is C23H32ClF. The molecule has 0 heterocycles. The van der Waals surface area contributed by atoms with Crippen molar-refractivity contribution < 1.29 is 4.39 Å². The molecule has 0 radical (unpaired) electrons. The fourth-order valence-electron chi connectivity index (χ4n) is 5.02. The molecule has 0 atom stereocenters. The number of halogens is 2. The van der Waals surface area contributed by atoms with Gasteiger partial charge in [0, 0.05) is 5.54 Å². The zero-order valence-electron chi connectivity index (χ0n) is 15.5. The van der Waals surface area contributed by atoms with Gasteiger partial charge in [0.15, 0.2) is 0 Å². The molecular weight excluding hydrogens is 331 g/mol. The van der Waals surface area contributed by atoms with Crippen LogP contribution in [0.4, 0.5) is 4.39 Å². The van der Waals surface area contributed by atoms with Crippen LogP contribution in [-0.4, -0.2) is 0 Å². The van der Waals surface area contributed by atoms with Crippen molar-refractivity contribution in [3.63, 3.8) is 0 Å². The second-order valence-electron chi connectivity index (χ2n) is 8.40. The summed E-state index contributed by atoms with van der Waals surface area (Å²) in [6, 6.07) is 5.74. The maximum Gasteiger partial charge on any atom is 0.126 e. The van der Waals surface area contributed by atoms with Crippen LogP contribution in [0.5, 0.6) is 0 Å². The summed E-state index contributed by atoms with van der Waals surface area (Å²) in [5, 5.41) is 0. The third kappa shape index (κ3) is 5.33. The highest BCUT2D eigenvalue weighted by Crippen LogP contribution is 2.42. The van der Waals surface area contributed by atoms with Crippen molar-refractivity contribution in [2.75, 3.05) is 0 Å². The molecule has 0 spiro atoms. The summed E-state index contributed by atoms with van der Waals surface area (Å²) >= 11 is 5.72. The summed E-state index contributed by atoms with van der Waals surface area (Å²) in [7, 11) is 0. The number of aryl methyl sites for hydroxylation is 2. The maximum atomic E-state index is 13.7. The Morgan fingerprint density at radius 2 is 1.64 bits per heavy atom. The highest BCUT2D eigenvalue weighted by atomic mass is 35.5. The lowest BCUT2D eigenvalue weighted by molar-refractivity contribution is 0.153. The Morgan fingerprint density at radius 1 is 1.00 bits per heavy atom. The fourth-order valence-corrected chi connectivity index (χ4v) is 5.23. The topological polar surface area (TPSA) is 0 Å². The van der Waals surface area contributed by atoms with Crippen molar-refractivity contribution in [2.24, 2.45) is 23.7 Å². The van der Waals surface area contributed by atoms with Gasteiger partial charge in [-0.2, -0.15) is 0 Å². The Hall–Kier alpha value is -0.820. The van der Waals surface area contributed by atoms with Gasteiger partial charge in [0.05, 0.1) is 0 Å². The van der Waals surface area contributed by atoms with E-state index in [9.17, 15) is 4.39 Å². The van der Waals surface area contributed by atoms with Gasteiger partial charge in [0.1, 0.15) is 5.82 Å². The van der Waals surface area contributed by atoms with Gasteiger partial charge in [-0.3, -0.25) is 0 Å². The molecule has 0 N–H and O–H groups in total. The van der Waals surface area contributed by atoms with Crippen LogP contribution in [-0.2, 0) is 6.42 Å². The van der Waals surface area contributed by atoms with Crippen LogP contribution in [0.15, 0.2) is 29.8 Å². The summed E-state index contributed by atoms with van der Waals surface area (Å²) in [4.78, 5) is 0. The lowest BCUT2D eigenvalue weighted by atomic mass is 9.68. The average Bonchev–Trinajstić information content (AvgIpc) is 2.64. The molecule has 2 saturated carbocycles. The normalized spacial score (nSPS) is 30.7. The van der Waals surface area contributed by atoms with Gasteiger partial charge in [0.25, 0.3) is 0 Å². The molecule has 0 nitrogen and oxygen atoms in total. The lowest BCUT2D eigenvalue weighted by Gasteiger charge is -2.37. The van der Waals surface area contributed by atoms with Gasteiger partial charge in [-0.05, 0) is 99.2 Å². The molecule has 1 aromatic carbocycles. The summed E-state index contributed by atoms with van der Waals surface area (Å²) < 4.78 is 13.7. The monoisotopic (exact) mass is 362 g/mol. The molecule has 0 aromatic heterocycles. The van der Waals surface area contributed by atoms with E-state index < -0.39 is 0 Å². The Bertz CT molecular complexity index is 563. The van der Waals surface area contributed by atoms with Crippen LogP contribution in [0.2, 0.25) is 0 Å². The van der Waals surface area contributed by atoms with Crippen LogP contribution < -0.4 is 0 Å². The van der Waals surface area contributed by atoms with Gasteiger partial charge in [-0.15, -0.1) is 0 Å². The number of hydrogen-bond donors (Lipinski definition) is 0. The van der Waals surface area contributed by atoms with Crippen LogP contribution in [0.1, 0.15) is 68.9 Å². The zero-order chi connectivity index (χ0) is 17.6. The summed E-state index contributed by atoms with van der Waals surface area (Å²) in [6.45, 7) is 1.83. The zero-order valence-corrected chi connectivity index (χ0v) is 16.3. The molecule has 0 unspecified atom stereocenters. The first-order valence-corrected chi connectivity index (χ1v) is 10.6. The van der Waals surface area contributed by atoms with Crippen molar-refractivity contribution >= 4 is 11.6 Å². The molecule has 2 aliphatic carbocycles. The number of rotatable bonds is 5. The van der Waals surface area contributed by atoms with Gasteiger partial charge < -0.3 is 0 Å². The van der Waals surface area contributed by atoms with E-state index in [0.717, 1.165) is 41.2 Å². The molecule has 3 rings (SSSR count). The minimum atomic E-state index is -0.0548. The van der Waals surface area contributed by atoms with E-state index in [2.05, 4.69) is 12.1 Å². The molecule has 2 aliphatic rings. The van der Waals surface area contributed by atoms with Crippen LogP contribution in [0.3, 0.4) is 0 Å². The lowest BCUT2D eigenvalue weighted by Crippen LogP contribution is -2.25. The second-order valence-corrected chi connectivity index (χ2v) is 8.65. The van der Waals surface area contributed by atoms with Crippen molar-refractivity contribution in [2.45, 2.75) is 71.1 Å². The van der Waals surface area contributed by atoms with Crippen LogP contribution in [0, 0.1) is 36.4 Å². The number of hydrogen-bond acceptors (Lipinski definition) is 0. The van der Waals surface area contributed by atoms with Gasteiger partial charge >= 0.3 is 0 Å². The molecule has 0 bridgehead atoms.